The lowest BCUT2D eigenvalue weighted by Crippen LogP contribution is -2.12. The minimum atomic E-state index is -0.347. The molecule has 4 rings (SSSR count). The standard InChI is InChI=1S/C24H19Cl2N3O2/c25-21-12-11-19(13-22(21)26)27-23(30)20-15-29(14-17-7-3-1-4-8-17)28-24(20)31-16-18-9-5-2-6-10-18/h1-13,15H,14,16H2,(H,27,30). The van der Waals surface area contributed by atoms with E-state index in [1.54, 1.807) is 29.1 Å². The average molecular weight is 452 g/mol. The number of benzene rings is 3. The number of hydrogen-bond donors (Lipinski definition) is 1. The first-order valence-electron chi connectivity index (χ1n) is 9.63. The zero-order valence-corrected chi connectivity index (χ0v) is 18.0. The summed E-state index contributed by atoms with van der Waals surface area (Å²) in [5.74, 6) is -0.0851. The molecule has 1 heterocycles. The number of nitrogens with one attached hydrogen (secondary N) is 1. The van der Waals surface area contributed by atoms with Crippen LogP contribution in [0.2, 0.25) is 10.0 Å². The van der Waals surface area contributed by atoms with Crippen molar-refractivity contribution in [2.75, 3.05) is 5.32 Å². The van der Waals surface area contributed by atoms with Gasteiger partial charge in [-0.3, -0.25) is 9.48 Å². The number of ether oxygens (including phenoxy) is 1. The molecular formula is C24H19Cl2N3O2. The molecule has 4 aromatic rings. The van der Waals surface area contributed by atoms with E-state index in [1.807, 2.05) is 60.7 Å². The number of rotatable bonds is 7. The maximum absolute atomic E-state index is 13.0. The lowest BCUT2D eigenvalue weighted by atomic mass is 10.2. The minimum Gasteiger partial charge on any atom is -0.471 e. The van der Waals surface area contributed by atoms with E-state index in [1.165, 1.54) is 0 Å². The normalized spacial score (nSPS) is 10.6. The van der Waals surface area contributed by atoms with Crippen LogP contribution in [0.3, 0.4) is 0 Å². The molecule has 1 N–H and O–H groups in total. The second-order valence-electron chi connectivity index (χ2n) is 6.89. The number of aromatic nitrogens is 2. The molecule has 0 radical (unpaired) electrons. The van der Waals surface area contributed by atoms with Gasteiger partial charge in [0.2, 0.25) is 5.88 Å². The van der Waals surface area contributed by atoms with Crippen molar-refractivity contribution in [2.24, 2.45) is 0 Å². The van der Waals surface area contributed by atoms with Crippen molar-refractivity contribution in [3.05, 3.63) is 112 Å². The third kappa shape index (κ3) is 5.45. The number of hydrogen-bond acceptors (Lipinski definition) is 3. The Labute approximate surface area is 190 Å². The van der Waals surface area contributed by atoms with Crippen molar-refractivity contribution >= 4 is 34.8 Å². The summed E-state index contributed by atoms with van der Waals surface area (Å²) in [6.45, 7) is 0.818. The molecule has 3 aromatic carbocycles. The molecule has 156 valence electrons. The van der Waals surface area contributed by atoms with E-state index in [9.17, 15) is 4.79 Å². The van der Waals surface area contributed by atoms with Crippen LogP contribution in [0, 0.1) is 0 Å². The number of amides is 1. The van der Waals surface area contributed by atoms with Gasteiger partial charge in [0.1, 0.15) is 12.2 Å². The molecule has 1 amide bonds. The predicted molar refractivity (Wildman–Crippen MR) is 123 cm³/mol. The minimum absolute atomic E-state index is 0.261. The Morgan fingerprint density at radius 2 is 1.58 bits per heavy atom. The molecule has 0 spiro atoms. The van der Waals surface area contributed by atoms with Crippen molar-refractivity contribution in [2.45, 2.75) is 13.2 Å². The van der Waals surface area contributed by atoms with E-state index >= 15 is 0 Å². The fourth-order valence-electron chi connectivity index (χ4n) is 3.02. The Kier molecular flexibility index (Phi) is 6.55. The Morgan fingerprint density at radius 3 is 2.26 bits per heavy atom. The van der Waals surface area contributed by atoms with Crippen LogP contribution in [0.5, 0.6) is 5.88 Å². The van der Waals surface area contributed by atoms with Gasteiger partial charge in [0.25, 0.3) is 5.91 Å². The molecule has 0 saturated carbocycles. The van der Waals surface area contributed by atoms with Crippen molar-refractivity contribution in [3.63, 3.8) is 0 Å². The highest BCUT2D eigenvalue weighted by Gasteiger charge is 2.19. The lowest BCUT2D eigenvalue weighted by Gasteiger charge is -2.07. The summed E-state index contributed by atoms with van der Waals surface area (Å²) in [5, 5.41) is 8.11. The first kappa shape index (κ1) is 21.0. The van der Waals surface area contributed by atoms with Gasteiger partial charge in [-0.1, -0.05) is 83.9 Å². The maximum Gasteiger partial charge on any atom is 0.262 e. The maximum atomic E-state index is 13.0. The second-order valence-corrected chi connectivity index (χ2v) is 7.70. The van der Waals surface area contributed by atoms with Crippen LogP contribution >= 0.6 is 23.2 Å². The quantitative estimate of drug-likeness (QED) is 0.370. The predicted octanol–water partition coefficient (Wildman–Crippen LogP) is 6.07. The average Bonchev–Trinajstić information content (AvgIpc) is 3.19. The zero-order valence-electron chi connectivity index (χ0n) is 16.5. The molecule has 0 aliphatic heterocycles. The van der Waals surface area contributed by atoms with Gasteiger partial charge >= 0.3 is 0 Å². The van der Waals surface area contributed by atoms with Crippen LogP contribution in [-0.2, 0) is 13.2 Å². The fourth-order valence-corrected chi connectivity index (χ4v) is 3.31. The molecule has 0 saturated heterocycles. The van der Waals surface area contributed by atoms with Gasteiger partial charge in [0, 0.05) is 11.9 Å². The van der Waals surface area contributed by atoms with Gasteiger partial charge in [0.05, 0.1) is 16.6 Å². The van der Waals surface area contributed by atoms with Crippen LogP contribution in [0.4, 0.5) is 5.69 Å². The van der Waals surface area contributed by atoms with Crippen molar-refractivity contribution in [1.82, 2.24) is 9.78 Å². The summed E-state index contributed by atoms with van der Waals surface area (Å²) < 4.78 is 7.60. The van der Waals surface area contributed by atoms with Crippen molar-refractivity contribution in [1.29, 1.82) is 0 Å². The number of carbonyl (C=O) groups is 1. The van der Waals surface area contributed by atoms with Gasteiger partial charge in [-0.05, 0) is 29.3 Å². The topological polar surface area (TPSA) is 56.2 Å². The van der Waals surface area contributed by atoms with E-state index in [2.05, 4.69) is 10.4 Å². The van der Waals surface area contributed by atoms with E-state index in [-0.39, 0.29) is 11.8 Å². The summed E-state index contributed by atoms with van der Waals surface area (Å²) in [6, 6.07) is 24.5. The molecular weight excluding hydrogens is 433 g/mol. The molecule has 31 heavy (non-hydrogen) atoms. The highest BCUT2D eigenvalue weighted by molar-refractivity contribution is 6.42. The van der Waals surface area contributed by atoms with Crippen LogP contribution in [0.25, 0.3) is 0 Å². The van der Waals surface area contributed by atoms with E-state index in [0.29, 0.717) is 34.4 Å². The zero-order chi connectivity index (χ0) is 21.6. The fraction of sp³-hybridized carbons (Fsp3) is 0.0833. The molecule has 0 unspecified atom stereocenters. The van der Waals surface area contributed by atoms with Crippen LogP contribution in [0.15, 0.2) is 85.1 Å². The van der Waals surface area contributed by atoms with Gasteiger partial charge < -0.3 is 10.1 Å². The Balaban J connectivity index is 1.58. The van der Waals surface area contributed by atoms with Crippen LogP contribution in [0.1, 0.15) is 21.5 Å². The Morgan fingerprint density at radius 1 is 0.903 bits per heavy atom. The smallest absolute Gasteiger partial charge is 0.262 e. The summed E-state index contributed by atoms with van der Waals surface area (Å²) in [4.78, 5) is 13.0. The van der Waals surface area contributed by atoms with E-state index in [4.69, 9.17) is 27.9 Å². The summed E-state index contributed by atoms with van der Waals surface area (Å²) >= 11 is 12.0. The summed E-state index contributed by atoms with van der Waals surface area (Å²) in [7, 11) is 0. The van der Waals surface area contributed by atoms with Crippen molar-refractivity contribution in [3.8, 4) is 5.88 Å². The largest absolute Gasteiger partial charge is 0.471 e. The van der Waals surface area contributed by atoms with Gasteiger partial charge in [0.15, 0.2) is 0 Å². The number of nitrogens with zero attached hydrogens (tertiary/aromatic N) is 2. The third-order valence-electron chi connectivity index (χ3n) is 4.56. The first-order valence-corrected chi connectivity index (χ1v) is 10.4. The highest BCUT2D eigenvalue weighted by atomic mass is 35.5. The summed E-state index contributed by atoms with van der Waals surface area (Å²) in [6.07, 6.45) is 1.68. The number of anilines is 1. The van der Waals surface area contributed by atoms with E-state index < -0.39 is 0 Å². The molecule has 0 aliphatic carbocycles. The highest BCUT2D eigenvalue weighted by Crippen LogP contribution is 2.26. The van der Waals surface area contributed by atoms with E-state index in [0.717, 1.165) is 11.1 Å². The van der Waals surface area contributed by atoms with Gasteiger partial charge in [-0.25, -0.2) is 0 Å². The van der Waals surface area contributed by atoms with Gasteiger partial charge in [-0.15, -0.1) is 5.10 Å². The number of halogens is 2. The summed E-state index contributed by atoms with van der Waals surface area (Å²) in [5.41, 5.74) is 2.91. The lowest BCUT2D eigenvalue weighted by molar-refractivity contribution is 0.102. The molecule has 0 atom stereocenters. The van der Waals surface area contributed by atoms with Gasteiger partial charge in [-0.2, -0.15) is 0 Å². The molecule has 7 heteroatoms. The second kappa shape index (κ2) is 9.69. The molecule has 0 fully saturated rings. The SMILES string of the molecule is O=C(Nc1ccc(Cl)c(Cl)c1)c1cn(Cc2ccccc2)nc1OCc1ccccc1. The monoisotopic (exact) mass is 451 g/mol. The molecule has 0 bridgehead atoms. The van der Waals surface area contributed by atoms with Crippen molar-refractivity contribution < 1.29 is 9.53 Å². The first-order chi connectivity index (χ1) is 15.1. The molecule has 0 aliphatic rings. The number of carbonyl (C=O) groups excluding carboxylic acids is 1. The van der Waals surface area contributed by atoms with Crippen LogP contribution in [-0.4, -0.2) is 15.7 Å². The Hall–Kier alpha value is -3.28. The molecule has 5 nitrogen and oxygen atoms in total. The molecule has 1 aromatic heterocycles. The third-order valence-corrected chi connectivity index (χ3v) is 5.29. The Bertz CT molecular complexity index is 1180. The van der Waals surface area contributed by atoms with Crippen LogP contribution < -0.4 is 10.1 Å².